The van der Waals surface area contributed by atoms with Crippen molar-refractivity contribution in [2.24, 2.45) is 5.41 Å². The molecule has 1 heterocycles. The fraction of sp³-hybridized carbons (Fsp3) is 0.333. The molecule has 0 radical (unpaired) electrons. The lowest BCUT2D eigenvalue weighted by atomic mass is 9.73. The van der Waals surface area contributed by atoms with Crippen molar-refractivity contribution in [3.05, 3.63) is 70.4 Å². The minimum absolute atomic E-state index is 0.114. The summed E-state index contributed by atoms with van der Waals surface area (Å²) in [5.74, 6) is -0.000169. The maximum absolute atomic E-state index is 13.4. The molecule has 1 atom stereocenters. The molecule has 1 aliphatic heterocycles. The Morgan fingerprint density at radius 3 is 2.57 bits per heavy atom. The van der Waals surface area contributed by atoms with E-state index in [0.29, 0.717) is 11.4 Å². The number of para-hydroxylation sites is 2. The Bertz CT molecular complexity index is 1030. The van der Waals surface area contributed by atoms with Crippen molar-refractivity contribution in [1.82, 2.24) is 5.32 Å². The van der Waals surface area contributed by atoms with E-state index >= 15 is 0 Å². The molecule has 156 valence electrons. The van der Waals surface area contributed by atoms with E-state index in [1.165, 1.54) is 0 Å². The first-order valence-corrected chi connectivity index (χ1v) is 10.5. The highest BCUT2D eigenvalue weighted by atomic mass is 35.5. The number of allylic oxidation sites excluding steroid dienone is 1. The summed E-state index contributed by atoms with van der Waals surface area (Å²) in [6, 6.07) is 15.1. The topological polar surface area (TPSA) is 61.4 Å². The second kappa shape index (κ2) is 7.80. The summed E-state index contributed by atoms with van der Waals surface area (Å²) in [4.78, 5) is 27.9. The third-order valence-electron chi connectivity index (χ3n) is 5.78. The average molecular weight is 424 g/mol. The van der Waals surface area contributed by atoms with E-state index in [2.05, 4.69) is 24.5 Å². The third-order valence-corrected chi connectivity index (χ3v) is 6.03. The molecule has 2 aliphatic rings. The molecule has 0 spiro atoms. The van der Waals surface area contributed by atoms with Crippen molar-refractivity contribution < 1.29 is 9.59 Å². The molecule has 4 rings (SSSR count). The molecule has 1 aliphatic carbocycles. The smallest absolute Gasteiger partial charge is 0.239 e. The van der Waals surface area contributed by atoms with Gasteiger partial charge in [-0.15, -0.1) is 0 Å². The van der Waals surface area contributed by atoms with Crippen LogP contribution in [0, 0.1) is 5.41 Å². The lowest BCUT2D eigenvalue weighted by molar-refractivity contribution is -0.120. The van der Waals surface area contributed by atoms with Gasteiger partial charge in [0.2, 0.25) is 5.91 Å². The van der Waals surface area contributed by atoms with Crippen LogP contribution < -0.4 is 15.5 Å². The SMILES string of the molecule is CNC(=O)CN1c2ccccc2NC2=C(C(=O)CC(C)(C)C2)[C@H]1c1ccc(Cl)cc1. The van der Waals surface area contributed by atoms with Gasteiger partial charge in [0.25, 0.3) is 0 Å². The standard InChI is InChI=1S/C24H26ClN3O2/c1-24(2)12-18-22(20(29)13-24)23(15-8-10-16(25)11-9-15)28(14-21(30)26-3)19-7-5-4-6-17(19)27-18/h4-11,23,27H,12-14H2,1-3H3,(H,26,30)/t23-/m1/s1. The molecule has 2 N–H and O–H groups in total. The number of nitrogens with zero attached hydrogens (tertiary/aromatic N) is 1. The summed E-state index contributed by atoms with van der Waals surface area (Å²) in [6.07, 6.45) is 1.24. The van der Waals surface area contributed by atoms with Crippen LogP contribution in [-0.4, -0.2) is 25.3 Å². The molecule has 6 heteroatoms. The summed E-state index contributed by atoms with van der Waals surface area (Å²) in [6.45, 7) is 4.37. The summed E-state index contributed by atoms with van der Waals surface area (Å²) in [7, 11) is 1.63. The van der Waals surface area contributed by atoms with Crippen molar-refractivity contribution in [1.29, 1.82) is 0 Å². The van der Waals surface area contributed by atoms with Gasteiger partial charge in [-0.2, -0.15) is 0 Å². The number of halogens is 1. The molecule has 2 aromatic rings. The normalized spacial score (nSPS) is 20.1. The average Bonchev–Trinajstić information content (AvgIpc) is 2.82. The van der Waals surface area contributed by atoms with Gasteiger partial charge in [0.1, 0.15) is 0 Å². The quantitative estimate of drug-likeness (QED) is 0.751. The predicted octanol–water partition coefficient (Wildman–Crippen LogP) is 4.70. The van der Waals surface area contributed by atoms with Crippen molar-refractivity contribution in [3.63, 3.8) is 0 Å². The third kappa shape index (κ3) is 3.82. The number of ketones is 1. The van der Waals surface area contributed by atoms with Gasteiger partial charge in [-0.1, -0.05) is 49.7 Å². The van der Waals surface area contributed by atoms with Crippen LogP contribution in [0.3, 0.4) is 0 Å². The minimum Gasteiger partial charge on any atom is -0.358 e. The highest BCUT2D eigenvalue weighted by Gasteiger charge is 2.41. The number of hydrogen-bond donors (Lipinski definition) is 2. The number of carbonyl (C=O) groups is 2. The Labute approximate surface area is 182 Å². The van der Waals surface area contributed by atoms with Crippen molar-refractivity contribution in [2.45, 2.75) is 32.7 Å². The van der Waals surface area contributed by atoms with Crippen molar-refractivity contribution in [2.75, 3.05) is 23.8 Å². The lowest BCUT2D eigenvalue weighted by Gasteiger charge is -2.37. The van der Waals surface area contributed by atoms with Crippen molar-refractivity contribution in [3.8, 4) is 0 Å². The first-order chi connectivity index (χ1) is 14.3. The number of hydrogen-bond acceptors (Lipinski definition) is 4. The van der Waals surface area contributed by atoms with E-state index in [-0.39, 0.29) is 29.7 Å². The highest BCUT2D eigenvalue weighted by molar-refractivity contribution is 6.30. The van der Waals surface area contributed by atoms with Gasteiger partial charge < -0.3 is 15.5 Å². The molecule has 1 amide bonds. The van der Waals surface area contributed by atoms with Crippen LogP contribution in [0.5, 0.6) is 0 Å². The van der Waals surface area contributed by atoms with Gasteiger partial charge in [-0.05, 0) is 41.7 Å². The molecule has 0 bridgehead atoms. The lowest BCUT2D eigenvalue weighted by Crippen LogP contribution is -2.41. The number of nitrogens with one attached hydrogen (secondary N) is 2. The van der Waals surface area contributed by atoms with Crippen LogP contribution in [0.4, 0.5) is 11.4 Å². The van der Waals surface area contributed by atoms with Gasteiger partial charge in [0, 0.05) is 29.8 Å². The largest absolute Gasteiger partial charge is 0.358 e. The zero-order valence-corrected chi connectivity index (χ0v) is 18.2. The van der Waals surface area contributed by atoms with E-state index in [4.69, 9.17) is 11.6 Å². The number of rotatable bonds is 3. The molecule has 0 saturated carbocycles. The maximum Gasteiger partial charge on any atom is 0.239 e. The van der Waals surface area contributed by atoms with Crippen LogP contribution in [0.1, 0.15) is 38.3 Å². The van der Waals surface area contributed by atoms with E-state index < -0.39 is 0 Å². The van der Waals surface area contributed by atoms with E-state index in [9.17, 15) is 9.59 Å². The first-order valence-electron chi connectivity index (χ1n) is 10.1. The number of likely N-dealkylation sites (N-methyl/N-ethyl adjacent to an activating group) is 1. The fourth-order valence-corrected chi connectivity index (χ4v) is 4.58. The van der Waals surface area contributed by atoms with Gasteiger partial charge in [0.15, 0.2) is 5.78 Å². The number of carbonyl (C=O) groups excluding carboxylic acids is 2. The summed E-state index contributed by atoms with van der Waals surface area (Å²) in [5, 5.41) is 6.89. The van der Waals surface area contributed by atoms with Crippen LogP contribution in [0.15, 0.2) is 59.8 Å². The van der Waals surface area contributed by atoms with Crippen LogP contribution in [-0.2, 0) is 9.59 Å². The van der Waals surface area contributed by atoms with Crippen LogP contribution in [0.25, 0.3) is 0 Å². The minimum atomic E-state index is -0.380. The second-order valence-electron chi connectivity index (χ2n) is 8.73. The van der Waals surface area contributed by atoms with Crippen molar-refractivity contribution >= 4 is 34.7 Å². The number of Topliss-reactive ketones (excluding diaryl/α,β-unsaturated/α-hetero) is 1. The Morgan fingerprint density at radius 2 is 1.87 bits per heavy atom. The predicted molar refractivity (Wildman–Crippen MR) is 121 cm³/mol. The molecule has 5 nitrogen and oxygen atoms in total. The summed E-state index contributed by atoms with van der Waals surface area (Å²) in [5.41, 5.74) is 4.26. The van der Waals surface area contributed by atoms with Gasteiger partial charge in [-0.25, -0.2) is 0 Å². The molecular formula is C24H26ClN3O2. The molecule has 30 heavy (non-hydrogen) atoms. The Balaban J connectivity index is 1.96. The molecule has 0 aromatic heterocycles. The van der Waals surface area contributed by atoms with E-state index in [1.807, 2.05) is 53.4 Å². The van der Waals surface area contributed by atoms with Crippen LogP contribution in [0.2, 0.25) is 5.02 Å². The monoisotopic (exact) mass is 423 g/mol. The molecular weight excluding hydrogens is 398 g/mol. The summed E-state index contributed by atoms with van der Waals surface area (Å²) >= 11 is 6.14. The Hall–Kier alpha value is -2.79. The van der Waals surface area contributed by atoms with Crippen LogP contribution >= 0.6 is 11.6 Å². The number of benzene rings is 2. The van der Waals surface area contributed by atoms with Gasteiger partial charge >= 0.3 is 0 Å². The molecule has 2 aromatic carbocycles. The first kappa shape index (κ1) is 20.5. The zero-order valence-electron chi connectivity index (χ0n) is 17.5. The Morgan fingerprint density at radius 1 is 1.17 bits per heavy atom. The van der Waals surface area contributed by atoms with E-state index in [0.717, 1.165) is 34.6 Å². The Kier molecular flexibility index (Phi) is 5.33. The maximum atomic E-state index is 13.4. The number of amides is 1. The number of fused-ring (bicyclic) bond motifs is 1. The molecule has 0 unspecified atom stereocenters. The molecule has 0 fully saturated rings. The highest BCUT2D eigenvalue weighted by Crippen LogP contribution is 2.48. The number of anilines is 2. The second-order valence-corrected chi connectivity index (χ2v) is 9.17. The molecule has 0 saturated heterocycles. The van der Waals surface area contributed by atoms with Gasteiger partial charge in [0.05, 0.1) is 24.0 Å². The zero-order chi connectivity index (χ0) is 21.5. The van der Waals surface area contributed by atoms with Gasteiger partial charge in [-0.3, -0.25) is 9.59 Å². The van der Waals surface area contributed by atoms with E-state index in [1.54, 1.807) is 7.05 Å². The fourth-order valence-electron chi connectivity index (χ4n) is 4.45. The summed E-state index contributed by atoms with van der Waals surface area (Å²) < 4.78 is 0.